The first-order chi connectivity index (χ1) is 5.61. The second kappa shape index (κ2) is 3.22. The lowest BCUT2D eigenvalue weighted by Gasteiger charge is -2.02. The van der Waals surface area contributed by atoms with Crippen LogP contribution in [0, 0.1) is 0 Å². The van der Waals surface area contributed by atoms with Gasteiger partial charge in [-0.15, -0.1) is 0 Å². The molecular formula is C6H7N3O3. The molecule has 0 saturated heterocycles. The van der Waals surface area contributed by atoms with Crippen LogP contribution in [0.3, 0.4) is 0 Å². The van der Waals surface area contributed by atoms with Crippen molar-refractivity contribution in [1.82, 2.24) is 0 Å². The molecule has 0 fully saturated rings. The fourth-order valence-corrected chi connectivity index (χ4v) is 0.716. The Kier molecular flexibility index (Phi) is 2.29. The van der Waals surface area contributed by atoms with E-state index in [1.165, 1.54) is 0 Å². The van der Waals surface area contributed by atoms with Gasteiger partial charge < -0.3 is 10.8 Å². The van der Waals surface area contributed by atoms with Gasteiger partial charge in [0.25, 0.3) is 5.91 Å². The largest absolute Gasteiger partial charge is 0.480 e. The summed E-state index contributed by atoms with van der Waals surface area (Å²) in [5.74, 6) is -1.66. The van der Waals surface area contributed by atoms with Crippen LogP contribution in [0.2, 0.25) is 0 Å². The molecule has 0 bridgehead atoms. The van der Waals surface area contributed by atoms with E-state index in [9.17, 15) is 9.59 Å². The minimum atomic E-state index is -1.16. The number of carboxylic acid groups (broad SMARTS) is 1. The Morgan fingerprint density at radius 2 is 2.42 bits per heavy atom. The lowest BCUT2D eigenvalue weighted by molar-refractivity contribution is -0.138. The zero-order chi connectivity index (χ0) is 9.14. The summed E-state index contributed by atoms with van der Waals surface area (Å²) in [4.78, 5) is 27.9. The maximum Gasteiger partial charge on any atom is 0.320 e. The van der Waals surface area contributed by atoms with Crippen LogP contribution in [-0.2, 0) is 9.59 Å². The molecule has 0 saturated carbocycles. The summed E-state index contributed by atoms with van der Waals surface area (Å²) in [6.07, 6.45) is 1.01. The van der Waals surface area contributed by atoms with E-state index < -0.39 is 17.9 Å². The standard InChI is InChI=1S/C6H7N3O3/c7-3(6(11)12)1-4-5(10)9-2-8-4/h2-3H,1,7H2,(H,11,12)/t3-/m0/s1. The van der Waals surface area contributed by atoms with Crippen molar-refractivity contribution in [3.63, 3.8) is 0 Å². The zero-order valence-corrected chi connectivity index (χ0v) is 6.10. The van der Waals surface area contributed by atoms with Gasteiger partial charge in [-0.2, -0.15) is 4.99 Å². The van der Waals surface area contributed by atoms with Crippen LogP contribution in [0.15, 0.2) is 9.98 Å². The van der Waals surface area contributed by atoms with Crippen molar-refractivity contribution in [3.05, 3.63) is 0 Å². The summed E-state index contributed by atoms with van der Waals surface area (Å²) in [5, 5.41) is 8.40. The molecule has 0 aliphatic carbocycles. The van der Waals surface area contributed by atoms with Gasteiger partial charge in [-0.3, -0.25) is 9.59 Å². The molecule has 12 heavy (non-hydrogen) atoms. The molecule has 0 spiro atoms. The topological polar surface area (TPSA) is 105 Å². The van der Waals surface area contributed by atoms with Crippen molar-refractivity contribution in [3.8, 4) is 0 Å². The predicted octanol–water partition coefficient (Wildman–Crippen LogP) is -1.20. The molecule has 1 amide bonds. The Balaban J connectivity index is 2.54. The van der Waals surface area contributed by atoms with Crippen LogP contribution in [0.1, 0.15) is 6.42 Å². The summed E-state index contributed by atoms with van der Waals surface area (Å²) < 4.78 is 0. The number of aliphatic imine (C=N–C) groups is 2. The van der Waals surface area contributed by atoms with Gasteiger partial charge in [-0.1, -0.05) is 0 Å². The van der Waals surface area contributed by atoms with Crippen molar-refractivity contribution in [2.24, 2.45) is 15.7 Å². The summed E-state index contributed by atoms with van der Waals surface area (Å²) >= 11 is 0. The van der Waals surface area contributed by atoms with Gasteiger partial charge in [-0.25, -0.2) is 4.99 Å². The van der Waals surface area contributed by atoms with Crippen LogP contribution in [0.4, 0.5) is 0 Å². The Bertz CT molecular complexity index is 282. The minimum Gasteiger partial charge on any atom is -0.480 e. The molecule has 0 unspecified atom stereocenters. The molecule has 1 aliphatic rings. The van der Waals surface area contributed by atoms with Gasteiger partial charge in [0.1, 0.15) is 18.1 Å². The van der Waals surface area contributed by atoms with E-state index in [1.54, 1.807) is 0 Å². The van der Waals surface area contributed by atoms with Crippen LogP contribution in [0.5, 0.6) is 0 Å². The van der Waals surface area contributed by atoms with Crippen molar-refractivity contribution in [1.29, 1.82) is 0 Å². The number of hydrogen-bond acceptors (Lipinski definition) is 4. The molecule has 0 radical (unpaired) electrons. The number of carboxylic acids is 1. The van der Waals surface area contributed by atoms with Gasteiger partial charge >= 0.3 is 5.97 Å². The first-order valence-electron chi connectivity index (χ1n) is 3.23. The molecule has 0 aromatic rings. The predicted molar refractivity (Wildman–Crippen MR) is 41.2 cm³/mol. The highest BCUT2D eigenvalue weighted by atomic mass is 16.4. The van der Waals surface area contributed by atoms with E-state index in [1.807, 2.05) is 0 Å². The van der Waals surface area contributed by atoms with Gasteiger partial charge in [-0.05, 0) is 0 Å². The Hall–Kier alpha value is -1.56. The van der Waals surface area contributed by atoms with Crippen LogP contribution in [-0.4, -0.2) is 35.1 Å². The van der Waals surface area contributed by atoms with E-state index in [2.05, 4.69) is 9.98 Å². The third-order valence-electron chi connectivity index (χ3n) is 1.37. The average Bonchev–Trinajstić information content (AvgIpc) is 2.36. The first-order valence-corrected chi connectivity index (χ1v) is 3.23. The Morgan fingerprint density at radius 3 is 2.83 bits per heavy atom. The van der Waals surface area contributed by atoms with Crippen molar-refractivity contribution < 1.29 is 14.7 Å². The zero-order valence-electron chi connectivity index (χ0n) is 6.10. The smallest absolute Gasteiger partial charge is 0.320 e. The van der Waals surface area contributed by atoms with Crippen LogP contribution in [0.25, 0.3) is 0 Å². The van der Waals surface area contributed by atoms with Gasteiger partial charge in [0.05, 0.1) is 0 Å². The van der Waals surface area contributed by atoms with Gasteiger partial charge in [0, 0.05) is 6.42 Å². The lowest BCUT2D eigenvalue weighted by atomic mass is 10.1. The van der Waals surface area contributed by atoms with Crippen molar-refractivity contribution >= 4 is 23.9 Å². The fourth-order valence-electron chi connectivity index (χ4n) is 0.716. The number of hydrogen-bond donors (Lipinski definition) is 2. The minimum absolute atomic E-state index is 0.0752. The molecule has 1 heterocycles. The fraction of sp³-hybridized carbons (Fsp3) is 0.333. The monoisotopic (exact) mass is 169 g/mol. The maximum atomic E-state index is 10.8. The van der Waals surface area contributed by atoms with Crippen molar-refractivity contribution in [2.45, 2.75) is 12.5 Å². The summed E-state index contributed by atoms with van der Waals surface area (Å²) in [7, 11) is 0. The molecule has 6 nitrogen and oxygen atoms in total. The average molecular weight is 169 g/mol. The van der Waals surface area contributed by atoms with E-state index in [0.29, 0.717) is 0 Å². The number of carbonyl (C=O) groups excluding carboxylic acids is 1. The molecule has 1 aliphatic heterocycles. The lowest BCUT2D eigenvalue weighted by Crippen LogP contribution is -2.33. The molecule has 0 aromatic carbocycles. The van der Waals surface area contributed by atoms with Crippen LogP contribution >= 0.6 is 0 Å². The third kappa shape index (κ3) is 1.73. The first kappa shape index (κ1) is 8.54. The molecule has 6 heteroatoms. The number of nitrogens with two attached hydrogens (primary N) is 1. The number of rotatable bonds is 3. The Labute approximate surface area is 67.8 Å². The normalized spacial score (nSPS) is 17.8. The van der Waals surface area contributed by atoms with E-state index in [0.717, 1.165) is 6.34 Å². The molecule has 3 N–H and O–H groups in total. The molecule has 0 aromatic heterocycles. The summed E-state index contributed by atoms with van der Waals surface area (Å²) in [5.41, 5.74) is 5.27. The second-order valence-corrected chi connectivity index (χ2v) is 2.27. The van der Waals surface area contributed by atoms with Crippen molar-refractivity contribution in [2.75, 3.05) is 0 Å². The van der Waals surface area contributed by atoms with Gasteiger partial charge in [0.2, 0.25) is 0 Å². The second-order valence-electron chi connectivity index (χ2n) is 2.27. The molecular weight excluding hydrogens is 162 g/mol. The summed E-state index contributed by atoms with van der Waals surface area (Å²) in [6.45, 7) is 0. The summed E-state index contributed by atoms with van der Waals surface area (Å²) in [6, 6.07) is -1.09. The third-order valence-corrected chi connectivity index (χ3v) is 1.37. The highest BCUT2D eigenvalue weighted by Gasteiger charge is 2.21. The number of nitrogens with zero attached hydrogens (tertiary/aromatic N) is 2. The highest BCUT2D eigenvalue weighted by Crippen LogP contribution is 1.99. The Morgan fingerprint density at radius 1 is 1.75 bits per heavy atom. The van der Waals surface area contributed by atoms with E-state index >= 15 is 0 Å². The van der Waals surface area contributed by atoms with Gasteiger partial charge in [0.15, 0.2) is 0 Å². The van der Waals surface area contributed by atoms with E-state index in [-0.39, 0.29) is 12.1 Å². The maximum absolute atomic E-state index is 10.8. The van der Waals surface area contributed by atoms with Crippen LogP contribution < -0.4 is 5.73 Å². The molecule has 64 valence electrons. The highest BCUT2D eigenvalue weighted by molar-refractivity contribution is 6.44. The SMILES string of the molecule is N[C@@H](CC1=NC=NC1=O)C(=O)O. The number of amides is 1. The number of aliphatic carboxylic acids is 1. The number of carbonyl (C=O) groups is 2. The molecule has 1 rings (SSSR count). The molecule has 1 atom stereocenters. The van der Waals surface area contributed by atoms with E-state index in [4.69, 9.17) is 10.8 Å². The quantitative estimate of drug-likeness (QED) is 0.553.